The molecular formula is C14H17NO. The van der Waals surface area contributed by atoms with Gasteiger partial charge in [0.25, 0.3) is 0 Å². The largest absolute Gasteiger partial charge is 0.360 e. The van der Waals surface area contributed by atoms with Crippen molar-refractivity contribution in [2.75, 3.05) is 0 Å². The molecule has 16 heavy (non-hydrogen) atoms. The predicted molar refractivity (Wildman–Crippen MR) is 65.3 cm³/mol. The van der Waals surface area contributed by atoms with Crippen molar-refractivity contribution < 1.29 is 4.52 Å². The summed E-state index contributed by atoms with van der Waals surface area (Å²) < 4.78 is 5.40. The van der Waals surface area contributed by atoms with Gasteiger partial charge in [-0.1, -0.05) is 48.8 Å². The maximum absolute atomic E-state index is 5.40. The molecule has 0 bridgehead atoms. The molecule has 0 aliphatic carbocycles. The molecule has 0 aliphatic heterocycles. The molecule has 0 atom stereocenters. The van der Waals surface area contributed by atoms with Crippen LogP contribution in [0.2, 0.25) is 0 Å². The molecule has 2 heteroatoms. The average molecular weight is 215 g/mol. The Kier molecular flexibility index (Phi) is 3.40. The number of aromatic nitrogens is 1. The molecule has 0 saturated carbocycles. The van der Waals surface area contributed by atoms with E-state index >= 15 is 0 Å². The summed E-state index contributed by atoms with van der Waals surface area (Å²) in [7, 11) is 0. The van der Waals surface area contributed by atoms with Gasteiger partial charge in [-0.2, -0.15) is 0 Å². The van der Waals surface area contributed by atoms with Crippen molar-refractivity contribution in [3.8, 4) is 11.3 Å². The van der Waals surface area contributed by atoms with Crippen LogP contribution < -0.4 is 0 Å². The van der Waals surface area contributed by atoms with Crippen LogP contribution in [0, 0.1) is 6.92 Å². The first-order chi connectivity index (χ1) is 7.83. The van der Waals surface area contributed by atoms with Crippen molar-refractivity contribution in [2.24, 2.45) is 0 Å². The topological polar surface area (TPSA) is 26.0 Å². The third-order valence-electron chi connectivity index (χ3n) is 2.83. The highest BCUT2D eigenvalue weighted by Crippen LogP contribution is 2.25. The number of rotatable bonds is 4. The van der Waals surface area contributed by atoms with Gasteiger partial charge in [0, 0.05) is 17.5 Å². The van der Waals surface area contributed by atoms with Crippen LogP contribution in [0.4, 0.5) is 0 Å². The van der Waals surface area contributed by atoms with Crippen molar-refractivity contribution in [3.05, 3.63) is 41.7 Å². The Morgan fingerprint density at radius 2 is 1.94 bits per heavy atom. The van der Waals surface area contributed by atoms with Crippen LogP contribution in [0.5, 0.6) is 0 Å². The van der Waals surface area contributed by atoms with E-state index in [1.54, 1.807) is 0 Å². The fraction of sp³-hybridized carbons (Fsp3) is 0.357. The summed E-state index contributed by atoms with van der Waals surface area (Å²) in [5.74, 6) is 1.03. The van der Waals surface area contributed by atoms with Crippen molar-refractivity contribution in [3.63, 3.8) is 0 Å². The summed E-state index contributed by atoms with van der Waals surface area (Å²) in [4.78, 5) is 0. The first kappa shape index (κ1) is 10.9. The van der Waals surface area contributed by atoms with E-state index in [1.807, 2.05) is 18.2 Å². The molecule has 0 radical (unpaired) electrons. The van der Waals surface area contributed by atoms with Gasteiger partial charge in [0.2, 0.25) is 0 Å². The fourth-order valence-corrected chi connectivity index (χ4v) is 1.81. The number of hydrogen-bond acceptors (Lipinski definition) is 2. The van der Waals surface area contributed by atoms with Crippen molar-refractivity contribution in [2.45, 2.75) is 33.1 Å². The lowest BCUT2D eigenvalue weighted by atomic mass is 10.1. The molecular weight excluding hydrogens is 198 g/mol. The summed E-state index contributed by atoms with van der Waals surface area (Å²) in [6, 6.07) is 10.2. The van der Waals surface area contributed by atoms with Crippen LogP contribution in [0.3, 0.4) is 0 Å². The molecule has 2 nitrogen and oxygen atoms in total. The second-order valence-corrected chi connectivity index (χ2v) is 4.05. The molecule has 0 unspecified atom stereocenters. The standard InChI is InChI=1S/C14H17NO/c1-3-4-10-13-11(2)14(15-16-13)12-8-6-5-7-9-12/h5-9H,3-4,10H2,1-2H3. The lowest BCUT2D eigenvalue weighted by Gasteiger charge is -1.97. The molecule has 1 aromatic carbocycles. The Morgan fingerprint density at radius 3 is 2.62 bits per heavy atom. The zero-order valence-corrected chi connectivity index (χ0v) is 9.86. The summed E-state index contributed by atoms with van der Waals surface area (Å²) in [5, 5.41) is 4.16. The van der Waals surface area contributed by atoms with Crippen LogP contribution in [0.1, 0.15) is 31.1 Å². The van der Waals surface area contributed by atoms with Gasteiger partial charge in [-0.3, -0.25) is 0 Å². The highest BCUT2D eigenvalue weighted by molar-refractivity contribution is 5.62. The maximum Gasteiger partial charge on any atom is 0.140 e. The number of aryl methyl sites for hydroxylation is 1. The van der Waals surface area contributed by atoms with Crippen LogP contribution in [0.15, 0.2) is 34.9 Å². The van der Waals surface area contributed by atoms with Gasteiger partial charge in [0.1, 0.15) is 11.5 Å². The second kappa shape index (κ2) is 4.97. The van der Waals surface area contributed by atoms with Gasteiger partial charge < -0.3 is 4.52 Å². The summed E-state index contributed by atoms with van der Waals surface area (Å²) in [6.07, 6.45) is 3.33. The van der Waals surface area contributed by atoms with Gasteiger partial charge >= 0.3 is 0 Å². The van der Waals surface area contributed by atoms with E-state index in [0.29, 0.717) is 0 Å². The van der Waals surface area contributed by atoms with E-state index in [-0.39, 0.29) is 0 Å². The van der Waals surface area contributed by atoms with E-state index in [4.69, 9.17) is 4.52 Å². The van der Waals surface area contributed by atoms with Gasteiger partial charge in [0.15, 0.2) is 0 Å². The molecule has 1 aromatic heterocycles. The quantitative estimate of drug-likeness (QED) is 0.770. The molecule has 0 N–H and O–H groups in total. The van der Waals surface area contributed by atoms with Crippen LogP contribution in [-0.2, 0) is 6.42 Å². The third kappa shape index (κ3) is 2.16. The van der Waals surface area contributed by atoms with Gasteiger partial charge in [-0.25, -0.2) is 0 Å². The summed E-state index contributed by atoms with van der Waals surface area (Å²) in [5.41, 5.74) is 3.29. The first-order valence-electron chi connectivity index (χ1n) is 5.83. The molecule has 0 aliphatic rings. The molecule has 0 amide bonds. The normalized spacial score (nSPS) is 10.6. The number of unbranched alkanes of at least 4 members (excludes halogenated alkanes) is 1. The van der Waals surface area contributed by atoms with Crippen LogP contribution in [-0.4, -0.2) is 5.16 Å². The summed E-state index contributed by atoms with van der Waals surface area (Å²) in [6.45, 7) is 4.27. The molecule has 0 saturated heterocycles. The number of benzene rings is 1. The van der Waals surface area contributed by atoms with E-state index in [0.717, 1.165) is 29.9 Å². The minimum absolute atomic E-state index is 0.978. The number of hydrogen-bond donors (Lipinski definition) is 0. The van der Waals surface area contributed by atoms with E-state index in [1.165, 1.54) is 12.0 Å². The van der Waals surface area contributed by atoms with Gasteiger partial charge in [-0.05, 0) is 13.3 Å². The van der Waals surface area contributed by atoms with Crippen molar-refractivity contribution in [1.82, 2.24) is 5.16 Å². The molecule has 0 fully saturated rings. The van der Waals surface area contributed by atoms with Gasteiger partial charge in [-0.15, -0.1) is 0 Å². The third-order valence-corrected chi connectivity index (χ3v) is 2.83. The Morgan fingerprint density at radius 1 is 1.19 bits per heavy atom. The van der Waals surface area contributed by atoms with Crippen LogP contribution >= 0.6 is 0 Å². The Labute approximate surface area is 96.3 Å². The Balaban J connectivity index is 2.27. The Bertz CT molecular complexity index is 445. The summed E-state index contributed by atoms with van der Waals surface area (Å²) >= 11 is 0. The molecule has 2 rings (SSSR count). The van der Waals surface area contributed by atoms with Crippen molar-refractivity contribution in [1.29, 1.82) is 0 Å². The lowest BCUT2D eigenvalue weighted by molar-refractivity contribution is 0.381. The highest BCUT2D eigenvalue weighted by atomic mass is 16.5. The molecule has 84 valence electrons. The van der Waals surface area contributed by atoms with E-state index < -0.39 is 0 Å². The number of nitrogens with zero attached hydrogens (tertiary/aromatic N) is 1. The molecule has 0 spiro atoms. The first-order valence-corrected chi connectivity index (χ1v) is 5.83. The molecule has 1 heterocycles. The smallest absolute Gasteiger partial charge is 0.140 e. The maximum atomic E-state index is 5.40. The SMILES string of the molecule is CCCCc1onc(-c2ccccc2)c1C. The Hall–Kier alpha value is -1.57. The molecule has 2 aromatic rings. The van der Waals surface area contributed by atoms with Crippen LogP contribution in [0.25, 0.3) is 11.3 Å². The highest BCUT2D eigenvalue weighted by Gasteiger charge is 2.12. The second-order valence-electron chi connectivity index (χ2n) is 4.05. The average Bonchev–Trinajstić information content (AvgIpc) is 2.69. The van der Waals surface area contributed by atoms with E-state index in [2.05, 4.69) is 31.1 Å². The zero-order valence-electron chi connectivity index (χ0n) is 9.86. The van der Waals surface area contributed by atoms with Crippen molar-refractivity contribution >= 4 is 0 Å². The minimum Gasteiger partial charge on any atom is -0.360 e. The van der Waals surface area contributed by atoms with Gasteiger partial charge in [0.05, 0.1) is 0 Å². The van der Waals surface area contributed by atoms with E-state index in [9.17, 15) is 0 Å². The fourth-order valence-electron chi connectivity index (χ4n) is 1.81. The lowest BCUT2D eigenvalue weighted by Crippen LogP contribution is -1.85. The zero-order chi connectivity index (χ0) is 11.4. The predicted octanol–water partition coefficient (Wildman–Crippen LogP) is 3.99. The monoisotopic (exact) mass is 215 g/mol. The minimum atomic E-state index is 0.978.